The van der Waals surface area contributed by atoms with Crippen LogP contribution in [0.25, 0.3) is 0 Å². The van der Waals surface area contributed by atoms with Gasteiger partial charge in [0.25, 0.3) is 0 Å². The van der Waals surface area contributed by atoms with Gasteiger partial charge in [-0.25, -0.2) is 4.98 Å². The highest BCUT2D eigenvalue weighted by Crippen LogP contribution is 2.08. The lowest BCUT2D eigenvalue weighted by Crippen LogP contribution is -1.87. The van der Waals surface area contributed by atoms with Gasteiger partial charge in [0.05, 0.1) is 12.5 Å². The Labute approximate surface area is 93.5 Å². The van der Waals surface area contributed by atoms with Crippen LogP contribution >= 0.6 is 12.6 Å². The van der Waals surface area contributed by atoms with Crippen LogP contribution in [0.3, 0.4) is 0 Å². The third kappa shape index (κ3) is 2.25. The van der Waals surface area contributed by atoms with E-state index in [0.717, 1.165) is 11.5 Å². The van der Waals surface area contributed by atoms with Gasteiger partial charge in [0.1, 0.15) is 11.5 Å². The maximum absolute atomic E-state index is 5.39. The van der Waals surface area contributed by atoms with E-state index in [4.69, 9.17) is 4.42 Å². The number of nitrogens with zero attached hydrogens (tertiary/aromatic N) is 2. The van der Waals surface area contributed by atoms with E-state index < -0.39 is 0 Å². The predicted molar refractivity (Wildman–Crippen MR) is 60.6 cm³/mol. The summed E-state index contributed by atoms with van der Waals surface area (Å²) in [6, 6.07) is 3.72. The van der Waals surface area contributed by atoms with Crippen LogP contribution in [0.4, 0.5) is 0 Å². The molecule has 0 amide bonds. The maximum Gasteiger partial charge on any atom is 0.177 e. The monoisotopic (exact) mass is 218 g/mol. The molecule has 0 bridgehead atoms. The Bertz CT molecular complexity index is 516. The Morgan fingerprint density at radius 2 is 2.33 bits per heavy atom. The number of rotatable bonds is 1. The molecule has 2 aromatic heterocycles. The highest BCUT2D eigenvalue weighted by molar-refractivity contribution is 7.79. The molecule has 0 unspecified atom stereocenters. The lowest BCUT2D eigenvalue weighted by Gasteiger charge is -1.89. The van der Waals surface area contributed by atoms with Crippen molar-refractivity contribution in [2.45, 2.75) is 5.75 Å². The zero-order valence-corrected chi connectivity index (χ0v) is 9.16. The first-order valence-corrected chi connectivity index (χ1v) is 5.11. The average Bonchev–Trinajstić information content (AvgIpc) is 2.84. The summed E-state index contributed by atoms with van der Waals surface area (Å²) in [7, 11) is 1.90. The van der Waals surface area contributed by atoms with Crippen molar-refractivity contribution in [1.82, 2.24) is 9.55 Å². The van der Waals surface area contributed by atoms with Crippen molar-refractivity contribution in [2.24, 2.45) is 7.05 Å². The van der Waals surface area contributed by atoms with Crippen LogP contribution in [0.2, 0.25) is 0 Å². The minimum Gasteiger partial charge on any atom is -0.452 e. The first-order chi connectivity index (χ1) is 7.29. The Morgan fingerprint density at radius 3 is 2.93 bits per heavy atom. The second kappa shape index (κ2) is 4.28. The number of aryl methyl sites for hydroxylation is 1. The molecule has 0 aliphatic carbocycles. The van der Waals surface area contributed by atoms with E-state index in [1.54, 1.807) is 12.5 Å². The van der Waals surface area contributed by atoms with Crippen LogP contribution in [-0.4, -0.2) is 9.55 Å². The molecule has 15 heavy (non-hydrogen) atoms. The third-order valence-electron chi connectivity index (χ3n) is 1.95. The highest BCUT2D eigenvalue weighted by atomic mass is 32.1. The average molecular weight is 218 g/mol. The molecule has 2 rings (SSSR count). The molecule has 0 saturated heterocycles. The van der Waals surface area contributed by atoms with E-state index in [0.29, 0.717) is 11.5 Å². The molecular formula is C11H10N2OS. The smallest absolute Gasteiger partial charge is 0.177 e. The number of hydrogen-bond donors (Lipinski definition) is 1. The molecule has 2 aromatic rings. The summed E-state index contributed by atoms with van der Waals surface area (Å²) < 4.78 is 7.25. The quantitative estimate of drug-likeness (QED) is 0.585. The molecular weight excluding hydrogens is 208 g/mol. The topological polar surface area (TPSA) is 31.0 Å². The van der Waals surface area contributed by atoms with Crippen molar-refractivity contribution in [2.75, 3.05) is 0 Å². The van der Waals surface area contributed by atoms with E-state index in [-0.39, 0.29) is 0 Å². The van der Waals surface area contributed by atoms with E-state index >= 15 is 0 Å². The molecule has 0 aliphatic rings. The Hall–Kier alpha value is -1.60. The normalized spacial score (nSPS) is 9.73. The van der Waals surface area contributed by atoms with Crippen LogP contribution in [0.15, 0.2) is 29.1 Å². The van der Waals surface area contributed by atoms with Gasteiger partial charge >= 0.3 is 0 Å². The number of imidazole rings is 1. The fraction of sp³-hybridized carbons (Fsp3) is 0.182. The molecule has 0 aromatic carbocycles. The zero-order valence-electron chi connectivity index (χ0n) is 8.27. The molecule has 0 atom stereocenters. The molecule has 0 radical (unpaired) electrons. The Morgan fingerprint density at radius 1 is 1.47 bits per heavy atom. The molecule has 0 spiro atoms. The van der Waals surface area contributed by atoms with Gasteiger partial charge in [-0.1, -0.05) is 0 Å². The first kappa shape index (κ1) is 9.94. The SMILES string of the molecule is Cn1cncc1C#Cc1ccc(CS)o1. The minimum absolute atomic E-state index is 0.591. The first-order valence-electron chi connectivity index (χ1n) is 4.47. The molecule has 0 aliphatic heterocycles. The van der Waals surface area contributed by atoms with Gasteiger partial charge in [-0.3, -0.25) is 0 Å². The predicted octanol–water partition coefficient (Wildman–Crippen LogP) is 1.84. The van der Waals surface area contributed by atoms with Gasteiger partial charge in [-0.05, 0) is 24.0 Å². The standard InChI is InChI=1S/C11H10N2OS/c1-13-8-12-6-9(13)2-3-10-4-5-11(7-15)14-10/h4-6,8,15H,7H2,1H3. The summed E-state index contributed by atoms with van der Waals surface area (Å²) in [4.78, 5) is 3.97. The van der Waals surface area contributed by atoms with Crippen molar-refractivity contribution < 1.29 is 4.42 Å². The Kier molecular flexibility index (Phi) is 2.84. The summed E-state index contributed by atoms with van der Waals surface area (Å²) in [5.41, 5.74) is 0.860. The summed E-state index contributed by atoms with van der Waals surface area (Å²) >= 11 is 4.11. The van der Waals surface area contributed by atoms with E-state index in [9.17, 15) is 0 Å². The summed E-state index contributed by atoms with van der Waals surface area (Å²) in [5.74, 6) is 7.98. The van der Waals surface area contributed by atoms with Crippen molar-refractivity contribution in [3.63, 3.8) is 0 Å². The van der Waals surface area contributed by atoms with E-state index in [1.807, 2.05) is 23.7 Å². The number of furan rings is 1. The van der Waals surface area contributed by atoms with Gasteiger partial charge in [-0.2, -0.15) is 12.6 Å². The van der Waals surface area contributed by atoms with Gasteiger partial charge in [-0.15, -0.1) is 0 Å². The van der Waals surface area contributed by atoms with Gasteiger partial charge in [0.2, 0.25) is 0 Å². The van der Waals surface area contributed by atoms with Crippen LogP contribution in [0.5, 0.6) is 0 Å². The lowest BCUT2D eigenvalue weighted by molar-refractivity contribution is 0.519. The van der Waals surface area contributed by atoms with Gasteiger partial charge < -0.3 is 8.98 Å². The van der Waals surface area contributed by atoms with Gasteiger partial charge in [0.15, 0.2) is 5.76 Å². The molecule has 0 N–H and O–H groups in total. The highest BCUT2D eigenvalue weighted by Gasteiger charge is 1.96. The summed E-state index contributed by atoms with van der Waals surface area (Å²) in [6.07, 6.45) is 3.43. The van der Waals surface area contributed by atoms with Gasteiger partial charge in [0, 0.05) is 12.8 Å². The fourth-order valence-corrected chi connectivity index (χ4v) is 1.30. The van der Waals surface area contributed by atoms with Crippen molar-refractivity contribution in [3.8, 4) is 11.8 Å². The minimum atomic E-state index is 0.591. The second-order valence-electron chi connectivity index (χ2n) is 3.06. The zero-order chi connectivity index (χ0) is 10.7. The van der Waals surface area contributed by atoms with Crippen molar-refractivity contribution in [1.29, 1.82) is 0 Å². The Balaban J connectivity index is 2.22. The van der Waals surface area contributed by atoms with Crippen LogP contribution in [0.1, 0.15) is 17.2 Å². The molecule has 2 heterocycles. The van der Waals surface area contributed by atoms with Crippen LogP contribution in [-0.2, 0) is 12.8 Å². The summed E-state index contributed by atoms with van der Waals surface area (Å²) in [6.45, 7) is 0. The number of hydrogen-bond acceptors (Lipinski definition) is 3. The van der Waals surface area contributed by atoms with E-state index in [2.05, 4.69) is 29.5 Å². The number of aromatic nitrogens is 2. The molecule has 76 valence electrons. The van der Waals surface area contributed by atoms with Crippen LogP contribution in [0, 0.1) is 11.8 Å². The molecule has 4 heteroatoms. The molecule has 0 fully saturated rings. The second-order valence-corrected chi connectivity index (χ2v) is 3.38. The van der Waals surface area contributed by atoms with Crippen molar-refractivity contribution in [3.05, 3.63) is 41.9 Å². The van der Waals surface area contributed by atoms with Crippen LogP contribution < -0.4 is 0 Å². The lowest BCUT2D eigenvalue weighted by atomic mass is 10.4. The largest absolute Gasteiger partial charge is 0.452 e. The summed E-state index contributed by atoms with van der Waals surface area (Å²) in [5, 5.41) is 0. The molecule has 3 nitrogen and oxygen atoms in total. The fourth-order valence-electron chi connectivity index (χ4n) is 1.13. The van der Waals surface area contributed by atoms with Crippen molar-refractivity contribution >= 4 is 12.6 Å². The number of thiol groups is 1. The third-order valence-corrected chi connectivity index (χ3v) is 2.26. The van der Waals surface area contributed by atoms with E-state index in [1.165, 1.54) is 0 Å². The maximum atomic E-state index is 5.39. The molecule has 0 saturated carbocycles.